The number of rotatable bonds is 3. The van der Waals surface area contributed by atoms with Gasteiger partial charge in [-0.3, -0.25) is 4.90 Å². The number of amides is 1. The van der Waals surface area contributed by atoms with E-state index in [1.807, 2.05) is 49.4 Å². The average molecular weight is 273 g/mol. The third-order valence-corrected chi connectivity index (χ3v) is 3.75. The van der Waals surface area contributed by atoms with Crippen LogP contribution in [-0.4, -0.2) is 25.5 Å². The number of hydrogen-bond acceptors (Lipinski definition) is 3. The molecule has 0 saturated heterocycles. The summed E-state index contributed by atoms with van der Waals surface area (Å²) in [7, 11) is 1.35. The number of carbonyl (C=O) groups is 2. The van der Waals surface area contributed by atoms with Gasteiger partial charge in [-0.1, -0.05) is 37.3 Å². The topological polar surface area (TPSA) is 46.6 Å². The van der Waals surface area contributed by atoms with Crippen LogP contribution in [0.15, 0.2) is 42.5 Å². The van der Waals surface area contributed by atoms with Crippen LogP contribution in [0.1, 0.15) is 13.3 Å². The Morgan fingerprint density at radius 1 is 1.35 bits per heavy atom. The lowest BCUT2D eigenvalue weighted by Crippen LogP contribution is -2.47. The molecule has 1 amide bonds. The number of anilines is 1. The Kier molecular flexibility index (Phi) is 4.56. The number of hydrogen-bond donors (Lipinski definition) is 0. The van der Waals surface area contributed by atoms with Gasteiger partial charge in [-0.25, -0.2) is 4.79 Å². The number of methoxy groups -OCH3 is 1. The Morgan fingerprint density at radius 3 is 2.65 bits per heavy atom. The second-order valence-corrected chi connectivity index (χ2v) is 5.02. The van der Waals surface area contributed by atoms with Gasteiger partial charge in [-0.15, -0.1) is 0 Å². The van der Waals surface area contributed by atoms with Gasteiger partial charge in [0.2, 0.25) is 0 Å². The molecule has 0 spiro atoms. The fraction of sp³-hybridized carbons (Fsp3) is 0.375. The van der Waals surface area contributed by atoms with Crippen molar-refractivity contribution >= 4 is 18.1 Å². The van der Waals surface area contributed by atoms with E-state index in [2.05, 4.69) is 0 Å². The van der Waals surface area contributed by atoms with Crippen LogP contribution in [0.5, 0.6) is 0 Å². The molecule has 1 aliphatic rings. The summed E-state index contributed by atoms with van der Waals surface area (Å²) in [6.45, 7) is 2.02. The van der Waals surface area contributed by atoms with E-state index in [9.17, 15) is 9.59 Å². The third-order valence-electron chi connectivity index (χ3n) is 3.75. The average Bonchev–Trinajstić information content (AvgIpc) is 2.48. The van der Waals surface area contributed by atoms with Crippen molar-refractivity contribution in [1.82, 2.24) is 0 Å². The summed E-state index contributed by atoms with van der Waals surface area (Å²) in [4.78, 5) is 25.1. The quantitative estimate of drug-likeness (QED) is 0.628. The number of aldehydes is 1. The van der Waals surface area contributed by atoms with Gasteiger partial charge in [0.1, 0.15) is 6.29 Å². The van der Waals surface area contributed by atoms with Crippen LogP contribution < -0.4 is 4.90 Å². The Hall–Kier alpha value is -2.10. The largest absolute Gasteiger partial charge is 0.452 e. The van der Waals surface area contributed by atoms with Gasteiger partial charge in [0.25, 0.3) is 0 Å². The highest BCUT2D eigenvalue weighted by Gasteiger charge is 2.35. The minimum atomic E-state index is -0.452. The number of ether oxygens (including phenoxy) is 1. The highest BCUT2D eigenvalue weighted by Crippen LogP contribution is 2.31. The smallest absolute Gasteiger partial charge is 0.414 e. The molecule has 4 heteroatoms. The SMILES string of the molecule is COC(=O)N(c1ccccc1)C1C=CCC(C)C1C=O. The van der Waals surface area contributed by atoms with E-state index >= 15 is 0 Å². The fourth-order valence-electron chi connectivity index (χ4n) is 2.61. The van der Waals surface area contributed by atoms with Crippen molar-refractivity contribution in [3.8, 4) is 0 Å². The molecule has 20 heavy (non-hydrogen) atoms. The molecule has 3 atom stereocenters. The molecule has 1 aromatic rings. The lowest BCUT2D eigenvalue weighted by molar-refractivity contribution is -0.112. The van der Waals surface area contributed by atoms with Gasteiger partial charge < -0.3 is 9.53 Å². The number of nitrogens with zero attached hydrogens (tertiary/aromatic N) is 1. The summed E-state index contributed by atoms with van der Waals surface area (Å²) >= 11 is 0. The molecule has 2 rings (SSSR count). The van der Waals surface area contributed by atoms with Crippen molar-refractivity contribution < 1.29 is 14.3 Å². The van der Waals surface area contributed by atoms with E-state index in [1.165, 1.54) is 7.11 Å². The Labute approximate surface area is 119 Å². The van der Waals surface area contributed by atoms with Crippen LogP contribution in [0.3, 0.4) is 0 Å². The zero-order chi connectivity index (χ0) is 14.5. The van der Waals surface area contributed by atoms with E-state index in [0.717, 1.165) is 18.4 Å². The number of allylic oxidation sites excluding steroid dienone is 1. The predicted octanol–water partition coefficient (Wildman–Crippen LogP) is 3.04. The Balaban J connectivity index is 2.41. The first-order valence-corrected chi connectivity index (χ1v) is 6.73. The molecule has 0 heterocycles. The number of para-hydroxylation sites is 1. The van der Waals surface area contributed by atoms with Crippen LogP contribution in [0.2, 0.25) is 0 Å². The predicted molar refractivity (Wildman–Crippen MR) is 77.6 cm³/mol. The first kappa shape index (κ1) is 14.3. The second kappa shape index (κ2) is 6.37. The van der Waals surface area contributed by atoms with E-state index in [-0.39, 0.29) is 17.9 Å². The maximum absolute atomic E-state index is 12.1. The standard InChI is InChI=1S/C16H19NO3/c1-12-7-6-10-15(14(12)11-18)17(16(19)20-2)13-8-4-3-5-9-13/h3-6,8-12,14-15H,7H2,1-2H3. The summed E-state index contributed by atoms with van der Waals surface area (Å²) in [6, 6.07) is 8.98. The zero-order valence-electron chi connectivity index (χ0n) is 11.7. The summed E-state index contributed by atoms with van der Waals surface area (Å²) in [5.41, 5.74) is 0.731. The van der Waals surface area contributed by atoms with Gasteiger partial charge >= 0.3 is 6.09 Å². The van der Waals surface area contributed by atoms with Gasteiger partial charge in [0.15, 0.2) is 0 Å². The highest BCUT2D eigenvalue weighted by molar-refractivity contribution is 5.89. The first-order chi connectivity index (χ1) is 9.69. The third kappa shape index (κ3) is 2.74. The van der Waals surface area contributed by atoms with Crippen LogP contribution >= 0.6 is 0 Å². The van der Waals surface area contributed by atoms with Gasteiger partial charge in [0.05, 0.1) is 13.2 Å². The second-order valence-electron chi connectivity index (χ2n) is 5.02. The summed E-state index contributed by atoms with van der Waals surface area (Å²) in [5.74, 6) is -0.0160. The molecule has 4 nitrogen and oxygen atoms in total. The molecule has 0 fully saturated rings. The van der Waals surface area contributed by atoms with Gasteiger partial charge in [0, 0.05) is 11.6 Å². The minimum Gasteiger partial charge on any atom is -0.452 e. The molecule has 0 radical (unpaired) electrons. The van der Waals surface area contributed by atoms with Crippen molar-refractivity contribution in [2.75, 3.05) is 12.0 Å². The Morgan fingerprint density at radius 2 is 2.05 bits per heavy atom. The maximum Gasteiger partial charge on any atom is 0.414 e. The summed E-state index contributed by atoms with van der Waals surface area (Å²) < 4.78 is 4.89. The molecular formula is C16H19NO3. The van der Waals surface area contributed by atoms with Crippen LogP contribution in [0, 0.1) is 11.8 Å². The van der Waals surface area contributed by atoms with Crippen molar-refractivity contribution in [3.05, 3.63) is 42.5 Å². The highest BCUT2D eigenvalue weighted by atomic mass is 16.5. The molecule has 0 bridgehead atoms. The molecule has 1 aliphatic carbocycles. The van der Waals surface area contributed by atoms with Crippen molar-refractivity contribution in [3.63, 3.8) is 0 Å². The lowest BCUT2D eigenvalue weighted by Gasteiger charge is -2.36. The van der Waals surface area contributed by atoms with Gasteiger partial charge in [-0.05, 0) is 24.5 Å². The number of benzene rings is 1. The molecule has 1 aromatic carbocycles. The van der Waals surface area contributed by atoms with E-state index < -0.39 is 6.09 Å². The maximum atomic E-state index is 12.1. The zero-order valence-corrected chi connectivity index (χ0v) is 11.7. The molecular weight excluding hydrogens is 254 g/mol. The molecule has 0 N–H and O–H groups in total. The normalized spacial score (nSPS) is 25.0. The first-order valence-electron chi connectivity index (χ1n) is 6.73. The van der Waals surface area contributed by atoms with Crippen LogP contribution in [-0.2, 0) is 9.53 Å². The van der Waals surface area contributed by atoms with Crippen molar-refractivity contribution in [2.24, 2.45) is 11.8 Å². The minimum absolute atomic E-state index is 0.207. The van der Waals surface area contributed by atoms with Crippen LogP contribution in [0.25, 0.3) is 0 Å². The monoisotopic (exact) mass is 273 g/mol. The number of carbonyl (C=O) groups excluding carboxylic acids is 2. The molecule has 3 unspecified atom stereocenters. The molecule has 0 aliphatic heterocycles. The lowest BCUT2D eigenvalue weighted by atomic mass is 9.81. The summed E-state index contributed by atoms with van der Waals surface area (Å²) in [5, 5.41) is 0. The molecule has 106 valence electrons. The molecule has 0 aromatic heterocycles. The van der Waals surface area contributed by atoms with E-state index in [0.29, 0.717) is 0 Å². The van der Waals surface area contributed by atoms with Crippen molar-refractivity contribution in [2.45, 2.75) is 19.4 Å². The molecule has 0 saturated carbocycles. The summed E-state index contributed by atoms with van der Waals surface area (Å²) in [6.07, 6.45) is 5.28. The van der Waals surface area contributed by atoms with Crippen molar-refractivity contribution in [1.29, 1.82) is 0 Å². The Bertz CT molecular complexity index is 498. The fourth-order valence-corrected chi connectivity index (χ4v) is 2.61. The van der Waals surface area contributed by atoms with Crippen LogP contribution in [0.4, 0.5) is 10.5 Å². The van der Waals surface area contributed by atoms with E-state index in [1.54, 1.807) is 4.90 Å². The van der Waals surface area contributed by atoms with Gasteiger partial charge in [-0.2, -0.15) is 0 Å². The van der Waals surface area contributed by atoms with E-state index in [4.69, 9.17) is 4.74 Å².